The number of allylic oxidation sites excluding steroid dienone is 3. The van der Waals surface area contributed by atoms with Crippen LogP contribution < -0.4 is 5.48 Å². The van der Waals surface area contributed by atoms with E-state index in [1.54, 1.807) is 70.7 Å². The van der Waals surface area contributed by atoms with E-state index in [4.69, 9.17) is 33.1 Å². The second kappa shape index (κ2) is 15.4. The summed E-state index contributed by atoms with van der Waals surface area (Å²) in [4.78, 5) is 47.1. The van der Waals surface area contributed by atoms with E-state index >= 15 is 0 Å². The number of rotatable bonds is 11. The Labute approximate surface area is 291 Å². The summed E-state index contributed by atoms with van der Waals surface area (Å²) in [5, 5.41) is 9.53. The molecule has 0 radical (unpaired) electrons. The third-order valence-corrected chi connectivity index (χ3v) is 11.9. The van der Waals surface area contributed by atoms with E-state index in [2.05, 4.69) is 12.1 Å². The molecule has 2 aliphatic heterocycles. The van der Waals surface area contributed by atoms with Crippen molar-refractivity contribution in [2.24, 2.45) is 0 Å². The van der Waals surface area contributed by atoms with Crippen molar-refractivity contribution in [2.45, 2.75) is 76.1 Å². The standard InChI is InChI=1S/C35H39Cl2N3O7S/c1-3-25(36)20-28(37)22(2)33-32(34(43)38-47-21-24-15-13-23(14-16-24)19-31(41)42)26-9-4-5-10-27(26)35(44)40(33)30-12-7-6-11-29(30)39-17-8-18-48(39,45)46/h3-5,9-10,13-16,20,29-30,32-33H,2,6-8,11-12,17-19,21H2,1H3,(H,38,43)(H,41,42)/b25-3+,28-20+/t29-,30-,32+,33-/m0/s1. The largest absolute Gasteiger partial charge is 0.481 e. The van der Waals surface area contributed by atoms with E-state index in [0.717, 1.165) is 12.8 Å². The minimum atomic E-state index is -3.50. The molecule has 4 atom stereocenters. The summed E-state index contributed by atoms with van der Waals surface area (Å²) in [6, 6.07) is 11.7. The van der Waals surface area contributed by atoms with Gasteiger partial charge in [0, 0.05) is 34.3 Å². The Morgan fingerprint density at radius 3 is 2.35 bits per heavy atom. The Morgan fingerprint density at radius 2 is 1.71 bits per heavy atom. The highest BCUT2D eigenvalue weighted by Gasteiger charge is 2.51. The van der Waals surface area contributed by atoms with Gasteiger partial charge in [0.15, 0.2) is 0 Å². The molecule has 0 spiro atoms. The lowest BCUT2D eigenvalue weighted by molar-refractivity contribution is -0.138. The third-order valence-electron chi connectivity index (χ3n) is 9.21. The van der Waals surface area contributed by atoms with Crippen molar-refractivity contribution in [1.82, 2.24) is 14.7 Å². The van der Waals surface area contributed by atoms with Gasteiger partial charge in [0.2, 0.25) is 10.0 Å². The lowest BCUT2D eigenvalue weighted by Crippen LogP contribution is -2.62. The molecular weight excluding hydrogens is 677 g/mol. The van der Waals surface area contributed by atoms with E-state index in [9.17, 15) is 22.8 Å². The number of sulfonamides is 1. The first-order chi connectivity index (χ1) is 22.9. The molecule has 48 heavy (non-hydrogen) atoms. The number of nitrogens with one attached hydrogen (secondary N) is 1. The molecule has 2 aromatic carbocycles. The number of halogens is 2. The molecule has 2 amide bonds. The van der Waals surface area contributed by atoms with E-state index in [1.807, 2.05) is 0 Å². The van der Waals surface area contributed by atoms with Gasteiger partial charge in [-0.15, -0.1) is 0 Å². The molecule has 2 fully saturated rings. The second-order valence-corrected chi connectivity index (χ2v) is 15.1. The van der Waals surface area contributed by atoms with Crippen LogP contribution in [0.25, 0.3) is 0 Å². The van der Waals surface area contributed by atoms with Crippen molar-refractivity contribution >= 4 is 51.0 Å². The molecule has 0 unspecified atom stereocenters. The van der Waals surface area contributed by atoms with Crippen LogP contribution in [-0.2, 0) is 37.5 Å². The smallest absolute Gasteiger partial charge is 0.307 e. The van der Waals surface area contributed by atoms with Crippen LogP contribution >= 0.6 is 23.2 Å². The lowest BCUT2D eigenvalue weighted by Gasteiger charge is -2.50. The molecule has 1 aliphatic carbocycles. The second-order valence-electron chi connectivity index (χ2n) is 12.3. The normalized spacial score (nSPS) is 24.6. The van der Waals surface area contributed by atoms with Crippen molar-refractivity contribution < 1.29 is 32.7 Å². The fourth-order valence-corrected chi connectivity index (χ4v) is 9.16. The summed E-state index contributed by atoms with van der Waals surface area (Å²) in [6.45, 7) is 6.40. The summed E-state index contributed by atoms with van der Waals surface area (Å²) in [7, 11) is -3.50. The van der Waals surface area contributed by atoms with Gasteiger partial charge < -0.3 is 10.0 Å². The van der Waals surface area contributed by atoms with Gasteiger partial charge in [-0.1, -0.05) is 91.2 Å². The number of carbonyl (C=O) groups is 3. The van der Waals surface area contributed by atoms with Crippen LogP contribution in [0.5, 0.6) is 0 Å². The minimum Gasteiger partial charge on any atom is -0.481 e. The molecule has 0 bridgehead atoms. The van der Waals surface area contributed by atoms with E-state index in [-0.39, 0.29) is 35.3 Å². The number of hydrogen-bond donors (Lipinski definition) is 2. The van der Waals surface area contributed by atoms with Crippen molar-refractivity contribution in [2.75, 3.05) is 12.3 Å². The molecule has 13 heteroatoms. The van der Waals surface area contributed by atoms with Gasteiger partial charge >= 0.3 is 5.97 Å². The number of carboxylic acid groups (broad SMARTS) is 1. The number of amides is 2. The first-order valence-corrected chi connectivity index (χ1v) is 18.3. The Hall–Kier alpha value is -3.48. The number of hydroxylamine groups is 1. The van der Waals surface area contributed by atoms with Crippen LogP contribution in [0.15, 0.2) is 82.9 Å². The topological polar surface area (TPSA) is 133 Å². The van der Waals surface area contributed by atoms with E-state index < -0.39 is 45.9 Å². The summed E-state index contributed by atoms with van der Waals surface area (Å²) in [5.74, 6) is -2.78. The van der Waals surface area contributed by atoms with E-state index in [1.165, 1.54) is 6.08 Å². The van der Waals surface area contributed by atoms with Crippen LogP contribution in [0.4, 0.5) is 0 Å². The zero-order valence-electron chi connectivity index (χ0n) is 26.6. The first kappa shape index (κ1) is 35.8. The van der Waals surface area contributed by atoms with Gasteiger partial charge in [-0.25, -0.2) is 13.9 Å². The number of hydrogen-bond acceptors (Lipinski definition) is 6. The van der Waals surface area contributed by atoms with Crippen LogP contribution in [0, 0.1) is 0 Å². The van der Waals surface area contributed by atoms with Crippen molar-refractivity contribution in [1.29, 1.82) is 0 Å². The first-order valence-electron chi connectivity index (χ1n) is 15.9. The maximum atomic E-state index is 14.5. The van der Waals surface area contributed by atoms with Gasteiger partial charge in [-0.2, -0.15) is 4.31 Å². The zero-order chi connectivity index (χ0) is 34.6. The number of carboxylic acids is 1. The summed E-state index contributed by atoms with van der Waals surface area (Å²) >= 11 is 13.1. The molecule has 3 aliphatic rings. The predicted molar refractivity (Wildman–Crippen MR) is 184 cm³/mol. The maximum absolute atomic E-state index is 14.5. The predicted octanol–water partition coefficient (Wildman–Crippen LogP) is 5.64. The SMILES string of the molecule is C=C(/C(Cl)=C\C(Cl)=C/C)[C@H]1[C@H](C(=O)NOCc2ccc(CC(=O)O)cc2)c2ccccc2C(=O)N1[C@H]1CCCC[C@@H]1N1CCCS1(=O)=O. The van der Waals surface area contributed by atoms with Crippen LogP contribution in [0.1, 0.15) is 72.0 Å². The molecule has 2 aromatic rings. The zero-order valence-corrected chi connectivity index (χ0v) is 28.9. The molecule has 256 valence electrons. The highest BCUT2D eigenvalue weighted by Crippen LogP contribution is 2.44. The molecule has 0 aromatic heterocycles. The third kappa shape index (κ3) is 7.71. The van der Waals surface area contributed by atoms with E-state index in [0.29, 0.717) is 53.1 Å². The molecule has 1 saturated heterocycles. The summed E-state index contributed by atoms with van der Waals surface area (Å²) < 4.78 is 27.9. The molecule has 2 heterocycles. The number of fused-ring (bicyclic) bond motifs is 1. The van der Waals surface area contributed by atoms with Gasteiger partial charge in [0.25, 0.3) is 11.8 Å². The number of aliphatic carboxylic acids is 1. The van der Waals surface area contributed by atoms with Crippen molar-refractivity contribution in [3.8, 4) is 0 Å². The highest BCUT2D eigenvalue weighted by molar-refractivity contribution is 7.89. The molecule has 5 rings (SSSR count). The average Bonchev–Trinajstić information content (AvgIpc) is 3.43. The quantitative estimate of drug-likeness (QED) is 0.227. The molecule has 2 N–H and O–H groups in total. The Morgan fingerprint density at radius 1 is 1.04 bits per heavy atom. The van der Waals surface area contributed by atoms with Gasteiger partial charge in [0.1, 0.15) is 0 Å². The Bertz CT molecular complexity index is 1740. The molecular formula is C35H39Cl2N3O7S. The molecule has 1 saturated carbocycles. The fourth-order valence-electron chi connectivity index (χ4n) is 6.97. The number of carbonyl (C=O) groups excluding carboxylic acids is 2. The van der Waals surface area contributed by atoms with Crippen LogP contribution in [0.3, 0.4) is 0 Å². The average molecular weight is 717 g/mol. The van der Waals surface area contributed by atoms with Gasteiger partial charge in [-0.3, -0.25) is 19.2 Å². The van der Waals surface area contributed by atoms with Crippen LogP contribution in [-0.4, -0.2) is 70.9 Å². The maximum Gasteiger partial charge on any atom is 0.307 e. The summed E-state index contributed by atoms with van der Waals surface area (Å²) in [5.41, 5.74) is 4.97. The minimum absolute atomic E-state index is 0.00318. The lowest BCUT2D eigenvalue weighted by atomic mass is 9.76. The van der Waals surface area contributed by atoms with Gasteiger partial charge in [-0.05, 0) is 60.6 Å². The molecule has 10 nitrogen and oxygen atoms in total. The number of nitrogens with zero attached hydrogens (tertiary/aromatic N) is 2. The Balaban J connectivity index is 1.53. The van der Waals surface area contributed by atoms with Gasteiger partial charge in [0.05, 0.1) is 30.7 Å². The van der Waals surface area contributed by atoms with Crippen molar-refractivity contribution in [3.05, 3.63) is 105 Å². The monoisotopic (exact) mass is 715 g/mol. The van der Waals surface area contributed by atoms with Crippen LogP contribution in [0.2, 0.25) is 0 Å². The summed E-state index contributed by atoms with van der Waals surface area (Å²) in [6.07, 6.45) is 6.26. The van der Waals surface area contributed by atoms with Crippen molar-refractivity contribution in [3.63, 3.8) is 0 Å². The highest BCUT2D eigenvalue weighted by atomic mass is 35.5. The fraction of sp³-hybridized carbons (Fsp3) is 0.400. The Kier molecular flexibility index (Phi) is 11.5. The number of benzene rings is 2.